The SMILES string of the molecule is C=C1CC2(C(=O)NS(=O)(=O)C3(C)CC3)NC(=O)C3CC(Oc4nc5cc(F)ccc5nc4C)CN3C(=O)CCCCCCC=CC12. The Morgan fingerprint density at radius 1 is 1.15 bits per heavy atom. The monoisotopic (exact) mass is 653 g/mol. The number of halogens is 1. The number of fused-ring (bicyclic) bond motifs is 3. The molecule has 4 aliphatic rings. The number of carbonyl (C=O) groups excluding carboxylic acids is 3. The van der Waals surface area contributed by atoms with Crippen molar-refractivity contribution < 1.29 is 31.9 Å². The summed E-state index contributed by atoms with van der Waals surface area (Å²) in [6.45, 7) is 7.49. The van der Waals surface area contributed by atoms with E-state index in [0.29, 0.717) is 41.6 Å². The van der Waals surface area contributed by atoms with Gasteiger partial charge in [0.1, 0.15) is 29.2 Å². The van der Waals surface area contributed by atoms with E-state index >= 15 is 0 Å². The zero-order valence-corrected chi connectivity index (χ0v) is 27.0. The molecule has 2 saturated carbocycles. The summed E-state index contributed by atoms with van der Waals surface area (Å²) in [5.41, 5.74) is 0.416. The Morgan fingerprint density at radius 3 is 2.65 bits per heavy atom. The van der Waals surface area contributed by atoms with Crippen molar-refractivity contribution in [2.75, 3.05) is 6.54 Å². The summed E-state index contributed by atoms with van der Waals surface area (Å²) in [4.78, 5) is 51.9. The standard InChI is InChI=1S/C33H40FN5O6S/c1-20-18-33(31(42)38-46(43,44)32(3)14-15-32)24(20)10-8-6-4-5-7-9-11-28(40)39-19-23(17-27(39)29(41)37-33)45-30-21(2)35-25-13-12-22(34)16-26(25)36-30/h8,10,12-13,16,23-24,27H,1,4-7,9,11,14-15,17-19H2,2-3H3,(H,37,41)(H,38,42). The zero-order chi connectivity index (χ0) is 32.9. The van der Waals surface area contributed by atoms with Gasteiger partial charge in [-0.2, -0.15) is 0 Å². The van der Waals surface area contributed by atoms with E-state index in [1.54, 1.807) is 13.8 Å². The Labute approximate surface area is 268 Å². The molecule has 2 N–H and O–H groups in total. The van der Waals surface area contributed by atoms with E-state index < -0.39 is 56.0 Å². The Bertz CT molecular complexity index is 1740. The van der Waals surface area contributed by atoms with Crippen LogP contribution >= 0.6 is 0 Å². The molecule has 246 valence electrons. The highest BCUT2D eigenvalue weighted by molar-refractivity contribution is 7.91. The van der Waals surface area contributed by atoms with Crippen molar-refractivity contribution in [1.82, 2.24) is 24.9 Å². The van der Waals surface area contributed by atoms with Crippen LogP contribution in [0.4, 0.5) is 4.39 Å². The second kappa shape index (κ2) is 12.1. The van der Waals surface area contributed by atoms with Gasteiger partial charge < -0.3 is 15.0 Å². The van der Waals surface area contributed by atoms with Crippen molar-refractivity contribution in [3.8, 4) is 5.88 Å². The topological polar surface area (TPSA) is 148 Å². The van der Waals surface area contributed by atoms with Crippen LogP contribution in [0.5, 0.6) is 5.88 Å². The molecule has 46 heavy (non-hydrogen) atoms. The average Bonchev–Trinajstić information content (AvgIpc) is 3.62. The number of benzene rings is 1. The molecule has 3 heterocycles. The second-order valence-corrected chi connectivity index (χ2v) is 15.5. The number of rotatable bonds is 5. The molecule has 1 aromatic heterocycles. The van der Waals surface area contributed by atoms with Crippen molar-refractivity contribution in [2.24, 2.45) is 5.92 Å². The Kier molecular flexibility index (Phi) is 8.41. The number of nitrogens with zero attached hydrogens (tertiary/aromatic N) is 3. The third-order valence-electron chi connectivity index (χ3n) is 9.82. The molecule has 13 heteroatoms. The number of aromatic nitrogens is 2. The van der Waals surface area contributed by atoms with Crippen LogP contribution in [0.1, 0.15) is 76.8 Å². The Morgan fingerprint density at radius 2 is 1.91 bits per heavy atom. The first-order chi connectivity index (χ1) is 21.8. The van der Waals surface area contributed by atoms with Gasteiger partial charge in [0.2, 0.25) is 27.7 Å². The summed E-state index contributed by atoms with van der Waals surface area (Å²) in [6.07, 6.45) is 8.55. The molecule has 11 nitrogen and oxygen atoms in total. The summed E-state index contributed by atoms with van der Waals surface area (Å²) in [5, 5.41) is 2.90. The van der Waals surface area contributed by atoms with E-state index in [0.717, 1.165) is 25.7 Å². The highest BCUT2D eigenvalue weighted by Gasteiger charge is 2.59. The third-order valence-corrected chi connectivity index (χ3v) is 12.0. The van der Waals surface area contributed by atoms with Crippen LogP contribution in [-0.2, 0) is 24.4 Å². The number of aryl methyl sites for hydroxylation is 1. The minimum Gasteiger partial charge on any atom is -0.471 e. The predicted octanol–water partition coefficient (Wildman–Crippen LogP) is 3.77. The molecule has 6 rings (SSSR count). The molecule has 0 spiro atoms. The molecular weight excluding hydrogens is 613 g/mol. The van der Waals surface area contributed by atoms with Crippen LogP contribution in [-0.4, -0.2) is 70.0 Å². The Balaban J connectivity index is 1.29. The summed E-state index contributed by atoms with van der Waals surface area (Å²) in [5.74, 6) is -2.49. The highest BCUT2D eigenvalue weighted by Crippen LogP contribution is 2.46. The maximum Gasteiger partial charge on any atom is 0.260 e. The highest BCUT2D eigenvalue weighted by atomic mass is 32.2. The normalized spacial score (nSPS) is 28.3. The van der Waals surface area contributed by atoms with Crippen molar-refractivity contribution in [1.29, 1.82) is 0 Å². The lowest BCUT2D eigenvalue weighted by atomic mass is 9.62. The first-order valence-corrected chi connectivity index (χ1v) is 17.4. The van der Waals surface area contributed by atoms with Gasteiger partial charge in [0.25, 0.3) is 5.91 Å². The van der Waals surface area contributed by atoms with E-state index in [1.807, 2.05) is 12.2 Å². The van der Waals surface area contributed by atoms with Crippen molar-refractivity contribution >= 4 is 38.8 Å². The van der Waals surface area contributed by atoms with Crippen LogP contribution in [0.15, 0.2) is 42.5 Å². The second-order valence-electron chi connectivity index (χ2n) is 13.3. The average molecular weight is 654 g/mol. The van der Waals surface area contributed by atoms with Crippen LogP contribution in [0.3, 0.4) is 0 Å². The van der Waals surface area contributed by atoms with Crippen LogP contribution in [0.2, 0.25) is 0 Å². The molecule has 1 aromatic carbocycles. The van der Waals surface area contributed by atoms with Crippen molar-refractivity contribution in [3.63, 3.8) is 0 Å². The van der Waals surface area contributed by atoms with E-state index in [1.165, 1.54) is 23.1 Å². The van der Waals surface area contributed by atoms with Crippen LogP contribution < -0.4 is 14.8 Å². The van der Waals surface area contributed by atoms with Gasteiger partial charge in [0.15, 0.2) is 0 Å². The molecule has 3 amide bonds. The summed E-state index contributed by atoms with van der Waals surface area (Å²) in [7, 11) is -3.98. The lowest BCUT2D eigenvalue weighted by Gasteiger charge is -2.49. The third kappa shape index (κ3) is 6.01. The van der Waals surface area contributed by atoms with Crippen LogP contribution in [0, 0.1) is 18.7 Å². The van der Waals surface area contributed by atoms with Gasteiger partial charge in [-0.1, -0.05) is 37.1 Å². The number of allylic oxidation sites excluding steroid dienone is 1. The smallest absolute Gasteiger partial charge is 0.260 e. The lowest BCUT2D eigenvalue weighted by molar-refractivity contribution is -0.142. The van der Waals surface area contributed by atoms with E-state index in [-0.39, 0.29) is 37.6 Å². The van der Waals surface area contributed by atoms with Crippen molar-refractivity contribution in [3.05, 3.63) is 54.0 Å². The zero-order valence-electron chi connectivity index (χ0n) is 26.2. The van der Waals surface area contributed by atoms with Crippen LogP contribution in [0.25, 0.3) is 11.0 Å². The lowest BCUT2D eigenvalue weighted by Crippen LogP contribution is -2.70. The molecule has 0 bridgehead atoms. The number of nitrogens with one attached hydrogen (secondary N) is 2. The predicted molar refractivity (Wildman–Crippen MR) is 168 cm³/mol. The van der Waals surface area contributed by atoms with Gasteiger partial charge in [0.05, 0.1) is 22.3 Å². The fraction of sp³-hybridized carbons (Fsp3) is 0.545. The molecule has 2 aromatic rings. The maximum atomic E-state index is 14.1. The Hall–Kier alpha value is -3.87. The quantitative estimate of drug-likeness (QED) is 0.464. The molecule has 0 radical (unpaired) electrons. The van der Waals surface area contributed by atoms with Gasteiger partial charge in [-0.05, 0) is 58.1 Å². The van der Waals surface area contributed by atoms with Gasteiger partial charge in [-0.25, -0.2) is 22.8 Å². The van der Waals surface area contributed by atoms with E-state index in [4.69, 9.17) is 4.74 Å². The maximum absolute atomic E-state index is 14.1. The van der Waals surface area contributed by atoms with Gasteiger partial charge in [0, 0.05) is 31.2 Å². The fourth-order valence-electron chi connectivity index (χ4n) is 6.62. The minimum atomic E-state index is -3.98. The minimum absolute atomic E-state index is 0.0643. The van der Waals surface area contributed by atoms with Crippen molar-refractivity contribution in [2.45, 2.75) is 100 Å². The fourth-order valence-corrected chi connectivity index (χ4v) is 7.94. The van der Waals surface area contributed by atoms with E-state index in [2.05, 4.69) is 26.6 Å². The summed E-state index contributed by atoms with van der Waals surface area (Å²) < 4.78 is 47.5. The largest absolute Gasteiger partial charge is 0.471 e. The number of amides is 3. The molecule has 3 fully saturated rings. The van der Waals surface area contributed by atoms with E-state index in [9.17, 15) is 27.2 Å². The number of hydrogen-bond donors (Lipinski definition) is 2. The van der Waals surface area contributed by atoms with Gasteiger partial charge in [-0.3, -0.25) is 19.1 Å². The molecule has 4 atom stereocenters. The number of carbonyl (C=O) groups is 3. The molecule has 2 aliphatic heterocycles. The number of ether oxygens (including phenoxy) is 1. The molecule has 4 unspecified atom stereocenters. The number of hydrogen-bond acceptors (Lipinski definition) is 8. The number of sulfonamides is 1. The first kappa shape index (κ1) is 32.1. The first-order valence-electron chi connectivity index (χ1n) is 16.0. The van der Waals surface area contributed by atoms with Gasteiger partial charge in [-0.15, -0.1) is 0 Å². The van der Waals surface area contributed by atoms with Gasteiger partial charge >= 0.3 is 0 Å². The molecule has 1 saturated heterocycles. The molecular formula is C33H40FN5O6S. The summed E-state index contributed by atoms with van der Waals surface area (Å²) >= 11 is 0. The summed E-state index contributed by atoms with van der Waals surface area (Å²) in [6, 6.07) is 3.12. The molecule has 2 aliphatic carbocycles.